The van der Waals surface area contributed by atoms with Crippen LogP contribution < -0.4 is 5.32 Å². The molecular weight excluding hydrogens is 444 g/mol. The minimum absolute atomic E-state index is 0.0589. The van der Waals surface area contributed by atoms with E-state index in [9.17, 15) is 14.2 Å². The number of benzene rings is 1. The first-order chi connectivity index (χ1) is 14.8. The summed E-state index contributed by atoms with van der Waals surface area (Å²) in [5.74, 6) is -1.21. The molecule has 1 aromatic rings. The Morgan fingerprint density at radius 3 is 1.97 bits per heavy atom. The summed E-state index contributed by atoms with van der Waals surface area (Å²) < 4.78 is 36.4. The van der Waals surface area contributed by atoms with Crippen molar-refractivity contribution in [1.29, 1.82) is 0 Å². The minimum Gasteiger partial charge on any atom is -0.481 e. The summed E-state index contributed by atoms with van der Waals surface area (Å²) in [6, 6.07) is 6.83. The molecule has 2 N–H and O–H groups in total. The quantitative estimate of drug-likeness (QED) is 0.298. The second-order valence-electron chi connectivity index (χ2n) is 6.29. The highest BCUT2D eigenvalue weighted by molar-refractivity contribution is 7.69. The van der Waals surface area contributed by atoms with Crippen LogP contribution in [0.1, 0.15) is 57.9 Å². The number of aliphatic carboxylic acids is 1. The third-order valence-corrected chi connectivity index (χ3v) is 9.19. The van der Waals surface area contributed by atoms with Gasteiger partial charge in [-0.1, -0.05) is 12.1 Å². The highest BCUT2D eigenvalue weighted by Gasteiger charge is 2.44. The molecule has 31 heavy (non-hydrogen) atoms. The van der Waals surface area contributed by atoms with Crippen LogP contribution in [0.15, 0.2) is 24.3 Å². The molecule has 0 aliphatic carbocycles. The number of hydrogen-bond donors (Lipinski definition) is 2. The van der Waals surface area contributed by atoms with Crippen molar-refractivity contribution in [2.24, 2.45) is 0 Å². The fraction of sp³-hybridized carbons (Fsp3) is 0.600. The number of hydrogen-bond acceptors (Lipinski definition) is 7. The van der Waals surface area contributed by atoms with Gasteiger partial charge in [-0.05, 0) is 51.8 Å². The standard InChI is InChI=1S/C20H33NO8P2/c1-5-26-30(27-6-2)20(31(25,28-7-3)29-8-4)16-12-14-17(15-13-16)21-18(22)10-9-11-19(23)24/h12-15,20H,5-11H2,1-4H3,(H,21,22)(H,23,24). The van der Waals surface area contributed by atoms with Crippen LogP contribution in [0.2, 0.25) is 0 Å². The van der Waals surface area contributed by atoms with Crippen molar-refractivity contribution in [3.63, 3.8) is 0 Å². The first-order valence-corrected chi connectivity index (χ1v) is 13.2. The van der Waals surface area contributed by atoms with Crippen LogP contribution in [0.25, 0.3) is 0 Å². The van der Waals surface area contributed by atoms with E-state index in [4.69, 9.17) is 23.2 Å². The third-order valence-electron chi connectivity index (χ3n) is 3.92. The molecule has 1 amide bonds. The zero-order valence-electron chi connectivity index (χ0n) is 18.5. The molecule has 0 radical (unpaired) electrons. The number of carboxylic acid groups (broad SMARTS) is 1. The smallest absolute Gasteiger partial charge is 0.347 e. The molecule has 1 unspecified atom stereocenters. The number of anilines is 1. The molecule has 0 heterocycles. The van der Waals surface area contributed by atoms with Crippen LogP contribution in [-0.4, -0.2) is 43.4 Å². The Balaban J connectivity index is 3.11. The van der Waals surface area contributed by atoms with Crippen molar-refractivity contribution < 1.29 is 37.4 Å². The maximum Gasteiger partial charge on any atom is 0.347 e. The number of carboxylic acids is 1. The van der Waals surface area contributed by atoms with E-state index < -0.39 is 27.3 Å². The zero-order chi connectivity index (χ0) is 23.3. The van der Waals surface area contributed by atoms with E-state index in [1.807, 2.05) is 13.8 Å². The van der Waals surface area contributed by atoms with Gasteiger partial charge in [0.1, 0.15) is 0 Å². The lowest BCUT2D eigenvalue weighted by Crippen LogP contribution is -2.12. The van der Waals surface area contributed by atoms with E-state index in [0.717, 1.165) is 0 Å². The first-order valence-electron chi connectivity index (χ1n) is 10.4. The molecule has 0 aromatic heterocycles. The van der Waals surface area contributed by atoms with Gasteiger partial charge >= 0.3 is 13.6 Å². The number of carbonyl (C=O) groups excluding carboxylic acids is 1. The summed E-state index contributed by atoms with van der Waals surface area (Å²) in [7, 11) is -5.21. The predicted molar refractivity (Wildman–Crippen MR) is 120 cm³/mol. The molecule has 1 aromatic carbocycles. The van der Waals surface area contributed by atoms with E-state index in [1.54, 1.807) is 38.1 Å². The van der Waals surface area contributed by atoms with Crippen LogP contribution in [0.4, 0.5) is 5.69 Å². The highest BCUT2D eigenvalue weighted by atomic mass is 31.2. The van der Waals surface area contributed by atoms with Crippen LogP contribution >= 0.6 is 16.0 Å². The van der Waals surface area contributed by atoms with E-state index in [-0.39, 0.29) is 38.4 Å². The molecule has 11 heteroatoms. The fourth-order valence-corrected chi connectivity index (χ4v) is 7.37. The van der Waals surface area contributed by atoms with Gasteiger partial charge in [-0.2, -0.15) is 0 Å². The Kier molecular flexibility index (Phi) is 13.1. The average Bonchev–Trinajstić information content (AvgIpc) is 2.70. The maximum atomic E-state index is 13.6. The Hall–Kier alpha value is -1.34. The van der Waals surface area contributed by atoms with Crippen molar-refractivity contribution in [2.75, 3.05) is 31.7 Å². The van der Waals surface area contributed by atoms with Crippen molar-refractivity contribution in [3.05, 3.63) is 29.8 Å². The molecule has 0 saturated heterocycles. The van der Waals surface area contributed by atoms with Gasteiger partial charge in [0.2, 0.25) is 5.91 Å². The summed E-state index contributed by atoms with van der Waals surface area (Å²) in [6.45, 7) is 8.33. The predicted octanol–water partition coefficient (Wildman–Crippen LogP) is 5.53. The zero-order valence-corrected chi connectivity index (χ0v) is 20.3. The van der Waals surface area contributed by atoms with Crippen molar-refractivity contribution in [2.45, 2.75) is 52.4 Å². The molecule has 0 bridgehead atoms. The van der Waals surface area contributed by atoms with Gasteiger partial charge in [-0.3, -0.25) is 14.2 Å². The van der Waals surface area contributed by atoms with Crippen molar-refractivity contribution >= 4 is 33.5 Å². The number of amides is 1. The Morgan fingerprint density at radius 2 is 1.52 bits per heavy atom. The van der Waals surface area contributed by atoms with E-state index in [1.165, 1.54) is 0 Å². The summed E-state index contributed by atoms with van der Waals surface area (Å²) in [4.78, 5) is 22.6. The summed E-state index contributed by atoms with van der Waals surface area (Å²) >= 11 is 0. The van der Waals surface area contributed by atoms with Gasteiger partial charge in [0.25, 0.3) is 0 Å². The third kappa shape index (κ3) is 9.36. The Bertz CT molecular complexity index is 712. The molecule has 0 aliphatic rings. The van der Waals surface area contributed by atoms with Gasteiger partial charge in [0.15, 0.2) is 13.8 Å². The van der Waals surface area contributed by atoms with Gasteiger partial charge in [0, 0.05) is 18.5 Å². The highest BCUT2D eigenvalue weighted by Crippen LogP contribution is 2.74. The summed E-state index contributed by atoms with van der Waals surface area (Å²) in [6.07, 6.45) is 0.317. The van der Waals surface area contributed by atoms with E-state index in [2.05, 4.69) is 5.32 Å². The molecular formula is C20H33NO8P2. The molecule has 0 saturated carbocycles. The van der Waals surface area contributed by atoms with Crippen LogP contribution in [0.5, 0.6) is 0 Å². The second kappa shape index (κ2) is 14.7. The molecule has 9 nitrogen and oxygen atoms in total. The number of nitrogens with one attached hydrogen (secondary N) is 1. The maximum absolute atomic E-state index is 13.6. The number of rotatable bonds is 16. The summed E-state index contributed by atoms with van der Waals surface area (Å²) in [5, 5.41) is 10.7. The number of carbonyl (C=O) groups is 2. The topological polar surface area (TPSA) is 120 Å². The largest absolute Gasteiger partial charge is 0.481 e. The normalized spacial score (nSPS) is 12.7. The van der Waals surface area contributed by atoms with Gasteiger partial charge < -0.3 is 28.5 Å². The average molecular weight is 477 g/mol. The molecule has 176 valence electrons. The van der Waals surface area contributed by atoms with Gasteiger partial charge in [-0.15, -0.1) is 0 Å². The van der Waals surface area contributed by atoms with Crippen molar-refractivity contribution in [1.82, 2.24) is 0 Å². The monoisotopic (exact) mass is 477 g/mol. The molecule has 1 atom stereocenters. The molecule has 0 spiro atoms. The summed E-state index contributed by atoms with van der Waals surface area (Å²) in [5.41, 5.74) is 1.20. The van der Waals surface area contributed by atoms with Gasteiger partial charge in [-0.25, -0.2) is 0 Å². The Morgan fingerprint density at radius 1 is 0.968 bits per heavy atom. The lowest BCUT2D eigenvalue weighted by molar-refractivity contribution is -0.137. The first kappa shape index (κ1) is 27.7. The minimum atomic E-state index is -3.60. The van der Waals surface area contributed by atoms with E-state index in [0.29, 0.717) is 24.5 Å². The van der Waals surface area contributed by atoms with E-state index >= 15 is 0 Å². The van der Waals surface area contributed by atoms with Crippen LogP contribution in [-0.2, 0) is 32.2 Å². The Labute approximate surface area is 185 Å². The van der Waals surface area contributed by atoms with Crippen LogP contribution in [0, 0.1) is 0 Å². The molecule has 1 rings (SSSR count). The molecule has 0 aliphatic heterocycles. The second-order valence-corrected chi connectivity index (χ2v) is 10.4. The van der Waals surface area contributed by atoms with Crippen LogP contribution in [0.3, 0.4) is 0 Å². The molecule has 0 fully saturated rings. The lowest BCUT2D eigenvalue weighted by Gasteiger charge is -2.31. The fourth-order valence-electron chi connectivity index (χ4n) is 2.75. The van der Waals surface area contributed by atoms with Crippen molar-refractivity contribution in [3.8, 4) is 0 Å². The lowest BCUT2D eigenvalue weighted by atomic mass is 10.2. The van der Waals surface area contributed by atoms with Gasteiger partial charge in [0.05, 0.1) is 26.4 Å². The SMILES string of the molecule is CCOP(OCC)C(c1ccc(NC(=O)CCCC(=O)O)cc1)P(=O)(OCC)OCC.